The number of likely N-dealkylation sites (N-methyl/N-ethyl adjacent to an activating group) is 1. The predicted molar refractivity (Wildman–Crippen MR) is 94.9 cm³/mol. The SMILES string of the molecule is CN(C(=O)C(=O)NCCc1c[nH]c2ccccc12)c1ccccc1. The van der Waals surface area contributed by atoms with Crippen LogP contribution in [0.3, 0.4) is 0 Å². The van der Waals surface area contributed by atoms with Crippen LogP contribution < -0.4 is 10.2 Å². The van der Waals surface area contributed by atoms with Crippen LogP contribution in [0.2, 0.25) is 0 Å². The number of para-hydroxylation sites is 2. The third-order valence-corrected chi connectivity index (χ3v) is 4.00. The molecule has 0 fully saturated rings. The molecule has 0 saturated carbocycles. The summed E-state index contributed by atoms with van der Waals surface area (Å²) in [6, 6.07) is 17.1. The van der Waals surface area contributed by atoms with E-state index in [0.717, 1.165) is 16.5 Å². The number of rotatable bonds is 4. The van der Waals surface area contributed by atoms with Crippen molar-refractivity contribution in [2.75, 3.05) is 18.5 Å². The van der Waals surface area contributed by atoms with E-state index in [1.54, 1.807) is 19.2 Å². The Morgan fingerprint density at radius 1 is 1.04 bits per heavy atom. The van der Waals surface area contributed by atoms with Gasteiger partial charge in [0.2, 0.25) is 0 Å². The highest BCUT2D eigenvalue weighted by atomic mass is 16.2. The smallest absolute Gasteiger partial charge is 0.316 e. The molecule has 3 rings (SSSR count). The number of hydrogen-bond donors (Lipinski definition) is 2. The van der Waals surface area contributed by atoms with Crippen LogP contribution in [0.1, 0.15) is 5.56 Å². The molecule has 5 heteroatoms. The first-order valence-electron chi connectivity index (χ1n) is 7.83. The molecule has 2 aromatic carbocycles. The van der Waals surface area contributed by atoms with Gasteiger partial charge in [-0.15, -0.1) is 0 Å². The molecule has 0 unspecified atom stereocenters. The van der Waals surface area contributed by atoms with Crippen LogP contribution in [0.5, 0.6) is 0 Å². The molecule has 0 bridgehead atoms. The van der Waals surface area contributed by atoms with Crippen LogP contribution in [0.4, 0.5) is 5.69 Å². The quantitative estimate of drug-likeness (QED) is 0.725. The molecule has 0 aliphatic rings. The van der Waals surface area contributed by atoms with Crippen molar-refractivity contribution in [3.8, 4) is 0 Å². The lowest BCUT2D eigenvalue weighted by atomic mass is 10.1. The summed E-state index contributed by atoms with van der Waals surface area (Å²) in [5, 5.41) is 3.83. The monoisotopic (exact) mass is 321 g/mol. The zero-order chi connectivity index (χ0) is 16.9. The lowest BCUT2D eigenvalue weighted by Crippen LogP contribution is -2.41. The van der Waals surface area contributed by atoms with Gasteiger partial charge in [0, 0.05) is 36.4 Å². The largest absolute Gasteiger partial charge is 0.361 e. The summed E-state index contributed by atoms with van der Waals surface area (Å²) in [6.45, 7) is 0.412. The summed E-state index contributed by atoms with van der Waals surface area (Å²) in [5.41, 5.74) is 2.88. The number of benzene rings is 2. The fourth-order valence-corrected chi connectivity index (χ4v) is 2.65. The van der Waals surface area contributed by atoms with Crippen LogP contribution in [0.25, 0.3) is 10.9 Å². The van der Waals surface area contributed by atoms with Crippen LogP contribution in [-0.4, -0.2) is 30.4 Å². The van der Waals surface area contributed by atoms with E-state index >= 15 is 0 Å². The topological polar surface area (TPSA) is 65.2 Å². The molecule has 0 aliphatic carbocycles. The zero-order valence-corrected chi connectivity index (χ0v) is 13.5. The number of nitrogens with one attached hydrogen (secondary N) is 2. The second-order valence-electron chi connectivity index (χ2n) is 5.57. The molecular weight excluding hydrogens is 302 g/mol. The first kappa shape index (κ1) is 15.8. The molecule has 0 atom stereocenters. The Morgan fingerprint density at radius 3 is 2.54 bits per heavy atom. The van der Waals surface area contributed by atoms with E-state index in [0.29, 0.717) is 18.7 Å². The van der Waals surface area contributed by atoms with Gasteiger partial charge in [-0.2, -0.15) is 0 Å². The predicted octanol–water partition coefficient (Wildman–Crippen LogP) is 2.49. The number of amides is 2. The van der Waals surface area contributed by atoms with Crippen LogP contribution in [0, 0.1) is 0 Å². The minimum absolute atomic E-state index is 0.412. The number of hydrogen-bond acceptors (Lipinski definition) is 2. The normalized spacial score (nSPS) is 10.5. The molecule has 0 radical (unpaired) electrons. The molecular formula is C19H19N3O2. The van der Waals surface area contributed by atoms with Crippen LogP contribution in [0.15, 0.2) is 60.8 Å². The molecule has 24 heavy (non-hydrogen) atoms. The lowest BCUT2D eigenvalue weighted by molar-refractivity contribution is -0.137. The summed E-state index contributed by atoms with van der Waals surface area (Å²) >= 11 is 0. The molecule has 0 spiro atoms. The fraction of sp³-hybridized carbons (Fsp3) is 0.158. The van der Waals surface area contributed by atoms with Crippen molar-refractivity contribution in [3.63, 3.8) is 0 Å². The summed E-state index contributed by atoms with van der Waals surface area (Å²) in [5.74, 6) is -1.17. The van der Waals surface area contributed by atoms with Crippen molar-refractivity contribution in [3.05, 3.63) is 66.4 Å². The molecule has 1 aromatic heterocycles. The maximum absolute atomic E-state index is 12.2. The number of carbonyl (C=O) groups excluding carboxylic acids is 2. The van der Waals surface area contributed by atoms with Gasteiger partial charge in [0.05, 0.1) is 0 Å². The van der Waals surface area contributed by atoms with Crippen LogP contribution >= 0.6 is 0 Å². The number of fused-ring (bicyclic) bond motifs is 1. The van der Waals surface area contributed by atoms with Gasteiger partial charge in [-0.1, -0.05) is 36.4 Å². The first-order chi connectivity index (χ1) is 11.7. The van der Waals surface area contributed by atoms with Crippen molar-refractivity contribution in [2.45, 2.75) is 6.42 Å². The zero-order valence-electron chi connectivity index (χ0n) is 13.5. The van der Waals surface area contributed by atoms with Gasteiger partial charge in [-0.25, -0.2) is 0 Å². The van der Waals surface area contributed by atoms with Crippen LogP contribution in [-0.2, 0) is 16.0 Å². The minimum Gasteiger partial charge on any atom is -0.361 e. The molecule has 122 valence electrons. The van der Waals surface area contributed by atoms with E-state index in [1.807, 2.05) is 48.7 Å². The Bertz CT molecular complexity index is 855. The van der Waals surface area contributed by atoms with Crippen molar-refractivity contribution >= 4 is 28.4 Å². The second kappa shape index (κ2) is 7.00. The average molecular weight is 321 g/mol. The van der Waals surface area contributed by atoms with Crippen molar-refractivity contribution in [1.29, 1.82) is 0 Å². The summed E-state index contributed by atoms with van der Waals surface area (Å²) in [6.07, 6.45) is 2.60. The Balaban J connectivity index is 1.56. The van der Waals surface area contributed by atoms with Gasteiger partial charge in [0.1, 0.15) is 0 Å². The average Bonchev–Trinajstić information content (AvgIpc) is 3.04. The minimum atomic E-state index is -0.596. The number of aromatic nitrogens is 1. The Kier molecular flexibility index (Phi) is 4.61. The molecule has 0 saturated heterocycles. The number of aromatic amines is 1. The Labute approximate surface area is 140 Å². The van der Waals surface area contributed by atoms with E-state index in [1.165, 1.54) is 4.90 Å². The van der Waals surface area contributed by atoms with E-state index in [-0.39, 0.29) is 0 Å². The fourth-order valence-electron chi connectivity index (χ4n) is 2.65. The lowest BCUT2D eigenvalue weighted by Gasteiger charge is -2.16. The van der Waals surface area contributed by atoms with Gasteiger partial charge < -0.3 is 15.2 Å². The number of H-pyrrole nitrogens is 1. The van der Waals surface area contributed by atoms with Crippen molar-refractivity contribution in [1.82, 2.24) is 10.3 Å². The summed E-state index contributed by atoms with van der Waals surface area (Å²) < 4.78 is 0. The molecule has 0 aliphatic heterocycles. The van der Waals surface area contributed by atoms with E-state index in [4.69, 9.17) is 0 Å². The maximum atomic E-state index is 12.2. The van der Waals surface area contributed by atoms with Gasteiger partial charge in [-0.05, 0) is 30.2 Å². The highest BCUT2D eigenvalue weighted by Crippen LogP contribution is 2.17. The number of carbonyl (C=O) groups is 2. The Morgan fingerprint density at radius 2 is 1.75 bits per heavy atom. The van der Waals surface area contributed by atoms with Gasteiger partial charge in [-0.3, -0.25) is 9.59 Å². The molecule has 5 nitrogen and oxygen atoms in total. The van der Waals surface area contributed by atoms with Gasteiger partial charge in [0.25, 0.3) is 0 Å². The first-order valence-corrected chi connectivity index (χ1v) is 7.83. The Hall–Kier alpha value is -3.08. The standard InChI is InChI=1S/C19H19N3O2/c1-22(15-7-3-2-4-8-15)19(24)18(23)20-12-11-14-13-21-17-10-6-5-9-16(14)17/h2-10,13,21H,11-12H2,1H3,(H,20,23). The van der Waals surface area contributed by atoms with Gasteiger partial charge in [0.15, 0.2) is 0 Å². The van der Waals surface area contributed by atoms with E-state index < -0.39 is 11.8 Å². The highest BCUT2D eigenvalue weighted by molar-refractivity contribution is 6.40. The van der Waals surface area contributed by atoms with Crippen molar-refractivity contribution in [2.24, 2.45) is 0 Å². The number of anilines is 1. The third kappa shape index (κ3) is 3.30. The molecule has 2 N–H and O–H groups in total. The van der Waals surface area contributed by atoms with Gasteiger partial charge >= 0.3 is 11.8 Å². The maximum Gasteiger partial charge on any atom is 0.316 e. The third-order valence-electron chi connectivity index (χ3n) is 4.00. The van der Waals surface area contributed by atoms with Crippen molar-refractivity contribution < 1.29 is 9.59 Å². The van der Waals surface area contributed by atoms with E-state index in [9.17, 15) is 9.59 Å². The summed E-state index contributed by atoms with van der Waals surface area (Å²) in [7, 11) is 1.59. The highest BCUT2D eigenvalue weighted by Gasteiger charge is 2.19. The molecule has 1 heterocycles. The summed E-state index contributed by atoms with van der Waals surface area (Å²) in [4.78, 5) is 28.7. The molecule has 3 aromatic rings. The number of nitrogens with zero attached hydrogens (tertiary/aromatic N) is 1. The van der Waals surface area contributed by atoms with E-state index in [2.05, 4.69) is 10.3 Å². The second-order valence-corrected chi connectivity index (χ2v) is 5.57. The molecule has 2 amide bonds.